The number of carbonyl (C=O) groups is 1. The number of anilines is 2. The molecule has 2 saturated heterocycles. The van der Waals surface area contributed by atoms with Crippen LogP contribution in [0.1, 0.15) is 19.3 Å². The second kappa shape index (κ2) is 9.53. The number of morpholine rings is 1. The van der Waals surface area contributed by atoms with Gasteiger partial charge in [0.05, 0.1) is 13.2 Å². The van der Waals surface area contributed by atoms with Gasteiger partial charge in [-0.1, -0.05) is 0 Å². The minimum atomic E-state index is 0.280. The smallest absolute Gasteiger partial charge is 0.224 e. The quantitative estimate of drug-likeness (QED) is 0.634. The fourth-order valence-electron chi connectivity index (χ4n) is 3.12. The zero-order chi connectivity index (χ0) is 17.3. The van der Waals surface area contributed by atoms with Crippen molar-refractivity contribution in [1.82, 2.24) is 19.8 Å². The van der Waals surface area contributed by atoms with Crippen molar-refractivity contribution >= 4 is 17.7 Å². The first-order chi connectivity index (χ1) is 12.3. The molecular weight excluding hydrogens is 320 g/mol. The highest BCUT2D eigenvalue weighted by Gasteiger charge is 2.18. The molecule has 138 valence electrons. The van der Waals surface area contributed by atoms with Gasteiger partial charge in [0, 0.05) is 58.4 Å². The van der Waals surface area contributed by atoms with Crippen molar-refractivity contribution in [3.05, 3.63) is 12.3 Å². The molecule has 0 atom stereocenters. The molecule has 0 aliphatic carbocycles. The van der Waals surface area contributed by atoms with Crippen LogP contribution in [0.3, 0.4) is 0 Å². The molecule has 1 amide bonds. The lowest BCUT2D eigenvalue weighted by molar-refractivity contribution is -0.127. The first-order valence-electron chi connectivity index (χ1n) is 9.20. The van der Waals surface area contributed by atoms with Gasteiger partial charge in [-0.05, 0) is 18.9 Å². The molecule has 8 nitrogen and oxygen atoms in total. The molecule has 1 aromatic heterocycles. The Labute approximate surface area is 148 Å². The van der Waals surface area contributed by atoms with Gasteiger partial charge in [0.15, 0.2) is 0 Å². The first-order valence-corrected chi connectivity index (χ1v) is 9.20. The number of rotatable bonds is 9. The normalized spacial score (nSPS) is 18.6. The molecule has 2 N–H and O–H groups in total. The molecule has 0 saturated carbocycles. The van der Waals surface area contributed by atoms with Crippen molar-refractivity contribution < 1.29 is 9.53 Å². The topological polar surface area (TPSA) is 82.6 Å². The van der Waals surface area contributed by atoms with E-state index in [9.17, 15) is 4.79 Å². The summed E-state index contributed by atoms with van der Waals surface area (Å²) in [7, 11) is 0. The van der Waals surface area contributed by atoms with Crippen molar-refractivity contribution in [2.45, 2.75) is 19.3 Å². The van der Waals surface area contributed by atoms with Gasteiger partial charge in [-0.15, -0.1) is 0 Å². The van der Waals surface area contributed by atoms with E-state index in [-0.39, 0.29) is 5.91 Å². The van der Waals surface area contributed by atoms with Gasteiger partial charge < -0.3 is 20.3 Å². The lowest BCUT2D eigenvalue weighted by Gasteiger charge is -2.26. The maximum atomic E-state index is 11.6. The molecule has 0 spiro atoms. The van der Waals surface area contributed by atoms with Crippen molar-refractivity contribution in [2.24, 2.45) is 0 Å². The van der Waals surface area contributed by atoms with Crippen LogP contribution >= 0.6 is 0 Å². The lowest BCUT2D eigenvalue weighted by atomic mass is 10.4. The van der Waals surface area contributed by atoms with E-state index in [0.29, 0.717) is 12.4 Å². The second-order valence-electron chi connectivity index (χ2n) is 6.41. The maximum Gasteiger partial charge on any atom is 0.224 e. The lowest BCUT2D eigenvalue weighted by Crippen LogP contribution is -2.39. The second-order valence-corrected chi connectivity index (χ2v) is 6.41. The molecule has 2 fully saturated rings. The predicted octanol–water partition coefficient (Wildman–Crippen LogP) is 0.645. The summed E-state index contributed by atoms with van der Waals surface area (Å²) in [5, 5.41) is 6.58. The average Bonchev–Trinajstić information content (AvgIpc) is 3.05. The van der Waals surface area contributed by atoms with Crippen molar-refractivity contribution in [3.63, 3.8) is 0 Å². The van der Waals surface area contributed by atoms with Crippen LogP contribution in [0, 0.1) is 0 Å². The van der Waals surface area contributed by atoms with Crippen LogP contribution < -0.4 is 10.6 Å². The Bertz CT molecular complexity index is 550. The monoisotopic (exact) mass is 348 g/mol. The summed E-state index contributed by atoms with van der Waals surface area (Å²) < 4.78 is 5.35. The van der Waals surface area contributed by atoms with E-state index in [1.165, 1.54) is 0 Å². The molecule has 0 radical (unpaired) electrons. The van der Waals surface area contributed by atoms with Gasteiger partial charge in [-0.25, -0.2) is 4.98 Å². The summed E-state index contributed by atoms with van der Waals surface area (Å²) in [6.45, 7) is 7.96. The Hall–Kier alpha value is -1.93. The largest absolute Gasteiger partial charge is 0.379 e. The third-order valence-corrected chi connectivity index (χ3v) is 4.55. The number of aromatic nitrogens is 2. The number of likely N-dealkylation sites (tertiary alicyclic amines) is 1. The summed E-state index contributed by atoms with van der Waals surface area (Å²) in [6, 6.07) is 1.88. The molecule has 0 unspecified atom stereocenters. The highest BCUT2D eigenvalue weighted by molar-refractivity contribution is 5.77. The van der Waals surface area contributed by atoms with E-state index < -0.39 is 0 Å². The van der Waals surface area contributed by atoms with Crippen molar-refractivity contribution in [3.8, 4) is 0 Å². The van der Waals surface area contributed by atoms with E-state index >= 15 is 0 Å². The minimum Gasteiger partial charge on any atom is -0.379 e. The van der Waals surface area contributed by atoms with E-state index in [0.717, 1.165) is 77.7 Å². The molecule has 3 rings (SSSR count). The Morgan fingerprint density at radius 2 is 2.00 bits per heavy atom. The summed E-state index contributed by atoms with van der Waals surface area (Å²) in [5.41, 5.74) is 0. The number of ether oxygens (including phenoxy) is 1. The predicted molar refractivity (Wildman–Crippen MR) is 96.7 cm³/mol. The zero-order valence-corrected chi connectivity index (χ0v) is 14.7. The van der Waals surface area contributed by atoms with Crippen LogP contribution in [0.25, 0.3) is 0 Å². The number of amides is 1. The number of nitrogens with zero attached hydrogens (tertiary/aromatic N) is 4. The highest BCUT2D eigenvalue weighted by atomic mass is 16.5. The molecule has 25 heavy (non-hydrogen) atoms. The van der Waals surface area contributed by atoms with Gasteiger partial charge in [0.1, 0.15) is 5.82 Å². The summed E-state index contributed by atoms with van der Waals surface area (Å²) >= 11 is 0. The number of hydrogen-bond donors (Lipinski definition) is 2. The standard InChI is InChI=1S/C17H28N6O2/c24-16-3-1-8-23(16)9-2-5-19-17-20-6-4-15(21-17)18-7-10-22-11-13-25-14-12-22/h4,6H,1-3,5,7-14H2,(H2,18,19,20,21). The van der Waals surface area contributed by atoms with Crippen molar-refractivity contribution in [2.75, 3.05) is 69.7 Å². The fraction of sp³-hybridized carbons (Fsp3) is 0.706. The van der Waals surface area contributed by atoms with Crippen molar-refractivity contribution in [1.29, 1.82) is 0 Å². The Morgan fingerprint density at radius 1 is 1.12 bits per heavy atom. The summed E-state index contributed by atoms with van der Waals surface area (Å²) in [4.78, 5) is 24.6. The SMILES string of the molecule is O=C1CCCN1CCCNc1nccc(NCCN2CCOCC2)n1. The highest BCUT2D eigenvalue weighted by Crippen LogP contribution is 2.10. The Balaban J connectivity index is 1.33. The van der Waals surface area contributed by atoms with Gasteiger partial charge in [0.2, 0.25) is 11.9 Å². The van der Waals surface area contributed by atoms with E-state index in [1.807, 2.05) is 11.0 Å². The minimum absolute atomic E-state index is 0.280. The average molecular weight is 348 g/mol. The molecular formula is C17H28N6O2. The molecule has 2 aliphatic rings. The van der Waals surface area contributed by atoms with Gasteiger partial charge in [0.25, 0.3) is 0 Å². The van der Waals surface area contributed by atoms with Gasteiger partial charge in [-0.2, -0.15) is 4.98 Å². The van der Waals surface area contributed by atoms with E-state index in [2.05, 4.69) is 25.5 Å². The number of carbonyl (C=O) groups excluding carboxylic acids is 1. The summed E-state index contributed by atoms with van der Waals surface area (Å²) in [5.74, 6) is 1.74. The fourth-order valence-corrected chi connectivity index (χ4v) is 3.12. The van der Waals surface area contributed by atoms with Gasteiger partial charge >= 0.3 is 0 Å². The Kier molecular flexibility index (Phi) is 6.81. The van der Waals surface area contributed by atoms with Crippen LogP contribution in [0.15, 0.2) is 12.3 Å². The summed E-state index contributed by atoms with van der Waals surface area (Å²) in [6.07, 6.45) is 4.36. The van der Waals surface area contributed by atoms with Crippen LogP contribution in [-0.4, -0.2) is 84.7 Å². The van der Waals surface area contributed by atoms with E-state index in [1.54, 1.807) is 6.20 Å². The van der Waals surface area contributed by atoms with Crippen LogP contribution in [0.5, 0.6) is 0 Å². The Morgan fingerprint density at radius 3 is 2.80 bits per heavy atom. The maximum absolute atomic E-state index is 11.6. The first kappa shape index (κ1) is 17.9. The van der Waals surface area contributed by atoms with Crippen LogP contribution in [-0.2, 0) is 9.53 Å². The molecule has 3 heterocycles. The molecule has 1 aromatic rings. The molecule has 0 bridgehead atoms. The van der Waals surface area contributed by atoms with E-state index in [4.69, 9.17) is 4.74 Å². The van der Waals surface area contributed by atoms with Gasteiger partial charge in [-0.3, -0.25) is 9.69 Å². The molecule has 2 aliphatic heterocycles. The number of hydrogen-bond acceptors (Lipinski definition) is 7. The third kappa shape index (κ3) is 5.82. The number of nitrogens with one attached hydrogen (secondary N) is 2. The van der Waals surface area contributed by atoms with Crippen LogP contribution in [0.4, 0.5) is 11.8 Å². The molecule has 0 aromatic carbocycles. The third-order valence-electron chi connectivity index (χ3n) is 4.55. The zero-order valence-electron chi connectivity index (χ0n) is 14.7. The molecule has 8 heteroatoms. The van der Waals surface area contributed by atoms with Crippen LogP contribution in [0.2, 0.25) is 0 Å².